The molecule has 1 heterocycles. The number of benzene rings is 2. The van der Waals surface area contributed by atoms with E-state index >= 15 is 0 Å². The highest BCUT2D eigenvalue weighted by Gasteiger charge is 2.27. The Morgan fingerprint density at radius 2 is 1.50 bits per heavy atom. The van der Waals surface area contributed by atoms with Crippen molar-refractivity contribution in [1.29, 1.82) is 0 Å². The number of imidazole rings is 1. The molecule has 0 radical (unpaired) electrons. The highest BCUT2D eigenvalue weighted by Crippen LogP contribution is 2.34. The summed E-state index contributed by atoms with van der Waals surface area (Å²) in [6, 6.07) is 22.2. The van der Waals surface area contributed by atoms with Gasteiger partial charge < -0.3 is 4.57 Å². The standard InChI is InChI=1S/C19H19BN2/c1-3-7-15(8-4-1)18(16-9-5-2-6-10-16)20-19-21-13-14-22(19)17-11-12-17/h1-10,13-14,17-18,20H,11-12H2. The average Bonchev–Trinajstić information content (AvgIpc) is 3.33. The van der Waals surface area contributed by atoms with Gasteiger partial charge in [0.15, 0.2) is 0 Å². The van der Waals surface area contributed by atoms with Gasteiger partial charge in [-0.05, 0) is 29.8 Å². The zero-order valence-electron chi connectivity index (χ0n) is 12.6. The van der Waals surface area contributed by atoms with E-state index in [1.54, 1.807) is 0 Å². The first-order valence-corrected chi connectivity index (χ1v) is 8.03. The second-order valence-corrected chi connectivity index (χ2v) is 6.06. The van der Waals surface area contributed by atoms with Crippen molar-refractivity contribution in [2.45, 2.75) is 24.7 Å². The smallest absolute Gasteiger partial charge is 0.217 e. The van der Waals surface area contributed by atoms with Gasteiger partial charge in [0.25, 0.3) is 0 Å². The first kappa shape index (κ1) is 13.4. The lowest BCUT2D eigenvalue weighted by Crippen LogP contribution is -2.31. The van der Waals surface area contributed by atoms with E-state index in [9.17, 15) is 0 Å². The van der Waals surface area contributed by atoms with Gasteiger partial charge in [0.05, 0.1) is 5.72 Å². The van der Waals surface area contributed by atoms with E-state index in [1.165, 1.54) is 29.7 Å². The van der Waals surface area contributed by atoms with E-state index in [-0.39, 0.29) is 0 Å². The van der Waals surface area contributed by atoms with Crippen molar-refractivity contribution in [1.82, 2.24) is 9.55 Å². The van der Waals surface area contributed by atoms with Gasteiger partial charge in [0.2, 0.25) is 7.28 Å². The van der Waals surface area contributed by atoms with Gasteiger partial charge in [0, 0.05) is 18.4 Å². The highest BCUT2D eigenvalue weighted by molar-refractivity contribution is 6.54. The average molecular weight is 286 g/mol. The maximum Gasteiger partial charge on any atom is 0.217 e. The second-order valence-electron chi connectivity index (χ2n) is 6.06. The zero-order valence-corrected chi connectivity index (χ0v) is 12.6. The molecule has 1 aliphatic rings. The van der Waals surface area contributed by atoms with Crippen LogP contribution in [0.4, 0.5) is 0 Å². The van der Waals surface area contributed by atoms with Crippen molar-refractivity contribution in [2.75, 3.05) is 0 Å². The van der Waals surface area contributed by atoms with Gasteiger partial charge in [-0.25, -0.2) is 0 Å². The molecule has 1 saturated carbocycles. The number of rotatable bonds is 5. The van der Waals surface area contributed by atoms with Crippen molar-refractivity contribution in [3.63, 3.8) is 0 Å². The fourth-order valence-corrected chi connectivity index (χ4v) is 3.17. The fourth-order valence-electron chi connectivity index (χ4n) is 3.17. The predicted octanol–water partition coefficient (Wildman–Crippen LogP) is 3.07. The van der Waals surface area contributed by atoms with Crippen LogP contribution in [0.25, 0.3) is 0 Å². The first-order chi connectivity index (χ1) is 10.9. The molecule has 108 valence electrons. The normalized spacial score (nSPS) is 14.2. The predicted molar refractivity (Wildman–Crippen MR) is 92.0 cm³/mol. The van der Waals surface area contributed by atoms with Crippen LogP contribution in [-0.4, -0.2) is 16.8 Å². The lowest BCUT2D eigenvalue weighted by atomic mass is 9.58. The Morgan fingerprint density at radius 3 is 2.05 bits per heavy atom. The van der Waals surface area contributed by atoms with Crippen LogP contribution in [0.2, 0.25) is 0 Å². The van der Waals surface area contributed by atoms with Crippen LogP contribution in [0.15, 0.2) is 73.1 Å². The molecule has 1 fully saturated rings. The molecular weight excluding hydrogens is 267 g/mol. The molecule has 3 aromatic rings. The lowest BCUT2D eigenvalue weighted by Gasteiger charge is -2.17. The lowest BCUT2D eigenvalue weighted by molar-refractivity contribution is 0.762. The molecule has 0 bridgehead atoms. The molecule has 0 saturated heterocycles. The van der Waals surface area contributed by atoms with Crippen molar-refractivity contribution < 1.29 is 0 Å². The van der Waals surface area contributed by atoms with Gasteiger partial charge in [-0.1, -0.05) is 60.7 Å². The van der Waals surface area contributed by atoms with E-state index in [4.69, 9.17) is 0 Å². The van der Waals surface area contributed by atoms with Crippen LogP contribution in [0.3, 0.4) is 0 Å². The summed E-state index contributed by atoms with van der Waals surface area (Å²) in [5.41, 5.74) is 3.93. The summed E-state index contributed by atoms with van der Waals surface area (Å²) in [7, 11) is 0.956. The number of hydrogen-bond acceptors (Lipinski definition) is 1. The van der Waals surface area contributed by atoms with E-state index in [1.807, 2.05) is 6.20 Å². The highest BCUT2D eigenvalue weighted by atomic mass is 15.1. The minimum absolute atomic E-state index is 0.363. The Kier molecular flexibility index (Phi) is 3.55. The Hall–Kier alpha value is -2.29. The summed E-state index contributed by atoms with van der Waals surface area (Å²) in [4.78, 5) is 4.63. The molecule has 0 unspecified atom stereocenters. The van der Waals surface area contributed by atoms with Gasteiger partial charge in [-0.3, -0.25) is 4.98 Å². The molecule has 2 aromatic carbocycles. The minimum Gasteiger partial charge on any atom is -0.340 e. The first-order valence-electron chi connectivity index (χ1n) is 8.03. The maximum absolute atomic E-state index is 4.63. The Balaban J connectivity index is 1.70. The number of hydrogen-bond donors (Lipinski definition) is 0. The van der Waals surface area contributed by atoms with Gasteiger partial charge >= 0.3 is 0 Å². The van der Waals surface area contributed by atoms with Crippen molar-refractivity contribution in [2.24, 2.45) is 0 Å². The molecule has 1 aliphatic carbocycles. The molecule has 0 N–H and O–H groups in total. The Bertz CT molecular complexity index is 693. The van der Waals surface area contributed by atoms with Crippen molar-refractivity contribution in [3.8, 4) is 0 Å². The third-order valence-electron chi connectivity index (χ3n) is 4.48. The van der Waals surface area contributed by atoms with E-state index < -0.39 is 0 Å². The largest absolute Gasteiger partial charge is 0.340 e. The van der Waals surface area contributed by atoms with Crippen LogP contribution in [0.1, 0.15) is 35.8 Å². The summed E-state index contributed by atoms with van der Waals surface area (Å²) in [5.74, 6) is 0.363. The third kappa shape index (κ3) is 2.71. The molecule has 0 amide bonds. The van der Waals surface area contributed by atoms with Crippen molar-refractivity contribution >= 4 is 13.0 Å². The van der Waals surface area contributed by atoms with Crippen LogP contribution in [0.5, 0.6) is 0 Å². The third-order valence-corrected chi connectivity index (χ3v) is 4.48. The van der Waals surface area contributed by atoms with Gasteiger partial charge in [0.1, 0.15) is 0 Å². The number of aromatic nitrogens is 2. The van der Waals surface area contributed by atoms with Crippen LogP contribution in [-0.2, 0) is 0 Å². The quantitative estimate of drug-likeness (QED) is 0.659. The van der Waals surface area contributed by atoms with Gasteiger partial charge in [-0.2, -0.15) is 0 Å². The summed E-state index contributed by atoms with van der Waals surface area (Å²) in [6.07, 6.45) is 6.68. The van der Waals surface area contributed by atoms with Gasteiger partial charge in [-0.15, -0.1) is 0 Å². The SMILES string of the molecule is B(c1nccn1C1CC1)C(c1ccccc1)c1ccccc1. The monoisotopic (exact) mass is 286 g/mol. The zero-order chi connectivity index (χ0) is 14.8. The molecule has 2 nitrogen and oxygen atoms in total. The molecule has 0 aliphatic heterocycles. The summed E-state index contributed by atoms with van der Waals surface area (Å²) < 4.78 is 2.37. The van der Waals surface area contributed by atoms with Crippen LogP contribution >= 0.6 is 0 Å². The minimum atomic E-state index is 0.363. The summed E-state index contributed by atoms with van der Waals surface area (Å²) in [6.45, 7) is 0. The molecule has 1 aromatic heterocycles. The fraction of sp³-hybridized carbons (Fsp3) is 0.211. The second kappa shape index (κ2) is 5.84. The van der Waals surface area contributed by atoms with E-state index in [0.717, 1.165) is 7.28 Å². The Morgan fingerprint density at radius 1 is 0.909 bits per heavy atom. The van der Waals surface area contributed by atoms with E-state index in [0.29, 0.717) is 11.9 Å². The van der Waals surface area contributed by atoms with E-state index in [2.05, 4.69) is 76.4 Å². The summed E-state index contributed by atoms with van der Waals surface area (Å²) >= 11 is 0. The maximum atomic E-state index is 4.63. The molecule has 0 spiro atoms. The molecule has 0 atom stereocenters. The van der Waals surface area contributed by atoms with Crippen molar-refractivity contribution in [3.05, 3.63) is 84.2 Å². The summed E-state index contributed by atoms with van der Waals surface area (Å²) in [5, 5.41) is 0. The topological polar surface area (TPSA) is 17.8 Å². The molecule has 4 rings (SSSR count). The molecular formula is C19H19BN2. The van der Waals surface area contributed by atoms with Crippen LogP contribution in [0, 0.1) is 0 Å². The number of nitrogens with zero attached hydrogens (tertiary/aromatic N) is 2. The molecule has 3 heteroatoms. The van der Waals surface area contributed by atoms with Crippen LogP contribution < -0.4 is 5.72 Å². The Labute approximate surface area is 132 Å². The molecule has 22 heavy (non-hydrogen) atoms.